The van der Waals surface area contributed by atoms with Gasteiger partial charge < -0.3 is 19.7 Å². The Kier molecular flexibility index (Phi) is 7.25. The molecule has 3 rings (SSSR count). The van der Waals surface area contributed by atoms with E-state index in [2.05, 4.69) is 5.32 Å². The first-order valence-corrected chi connectivity index (χ1v) is 9.63. The highest BCUT2D eigenvalue weighted by atomic mass is 16.5. The first-order chi connectivity index (χ1) is 14.1. The van der Waals surface area contributed by atoms with Crippen molar-refractivity contribution in [1.29, 1.82) is 0 Å². The second kappa shape index (κ2) is 10.3. The van der Waals surface area contributed by atoms with Crippen molar-refractivity contribution < 1.29 is 19.2 Å². The lowest BCUT2D eigenvalue weighted by Gasteiger charge is -2.14. The molecule has 3 aromatic carbocycles. The van der Waals surface area contributed by atoms with Gasteiger partial charge in [0.05, 0.1) is 14.2 Å². The number of nitrogens with one attached hydrogen (secondary N) is 2. The molecule has 5 heteroatoms. The Morgan fingerprint density at radius 2 is 1.62 bits per heavy atom. The van der Waals surface area contributed by atoms with Crippen molar-refractivity contribution in [3.05, 3.63) is 90.0 Å². The van der Waals surface area contributed by atoms with Gasteiger partial charge in [-0.25, -0.2) is 0 Å². The number of anilines is 1. The second-order valence-electron chi connectivity index (χ2n) is 7.01. The third-order valence-corrected chi connectivity index (χ3v) is 4.49. The molecule has 1 unspecified atom stereocenters. The quantitative estimate of drug-likeness (QED) is 0.590. The minimum Gasteiger partial charge on any atom is -0.497 e. The number of quaternary nitrogens is 1. The first kappa shape index (κ1) is 20.4. The van der Waals surface area contributed by atoms with Crippen molar-refractivity contribution in [3.63, 3.8) is 0 Å². The summed E-state index contributed by atoms with van der Waals surface area (Å²) in [6.07, 6.45) is 0. The number of likely N-dealkylation sites (N-methyl/N-ethyl adjacent to an activating group) is 1. The van der Waals surface area contributed by atoms with Crippen LogP contribution in [0.4, 0.5) is 5.69 Å². The molecule has 2 N–H and O–H groups in total. The van der Waals surface area contributed by atoms with Crippen LogP contribution in [-0.2, 0) is 17.9 Å². The largest absolute Gasteiger partial charge is 0.497 e. The molecule has 3 aromatic rings. The van der Waals surface area contributed by atoms with Crippen molar-refractivity contribution >= 4 is 11.6 Å². The molecule has 0 aliphatic heterocycles. The number of amides is 1. The van der Waals surface area contributed by atoms with E-state index in [1.807, 2.05) is 85.9 Å². The average Bonchev–Trinajstić information content (AvgIpc) is 2.74. The van der Waals surface area contributed by atoms with Crippen molar-refractivity contribution in [2.75, 3.05) is 26.0 Å². The number of methoxy groups -OCH3 is 1. The van der Waals surface area contributed by atoms with Crippen LogP contribution in [0.5, 0.6) is 11.5 Å². The van der Waals surface area contributed by atoms with E-state index in [0.29, 0.717) is 13.2 Å². The summed E-state index contributed by atoms with van der Waals surface area (Å²) in [5.74, 6) is 1.57. The maximum Gasteiger partial charge on any atom is 0.279 e. The Hall–Kier alpha value is -3.31. The molecular weight excluding hydrogens is 364 g/mol. The molecule has 0 fully saturated rings. The van der Waals surface area contributed by atoms with Crippen LogP contribution in [0.3, 0.4) is 0 Å². The monoisotopic (exact) mass is 391 g/mol. The minimum absolute atomic E-state index is 0.0247. The lowest BCUT2D eigenvalue weighted by Crippen LogP contribution is -3.08. The van der Waals surface area contributed by atoms with E-state index in [-0.39, 0.29) is 5.91 Å². The summed E-state index contributed by atoms with van der Waals surface area (Å²) in [5, 5.41) is 2.94. The predicted octanol–water partition coefficient (Wildman–Crippen LogP) is 2.93. The molecule has 0 saturated carbocycles. The Balaban J connectivity index is 1.46. The van der Waals surface area contributed by atoms with Crippen LogP contribution in [-0.4, -0.2) is 26.6 Å². The number of carbonyl (C=O) groups excluding carboxylic acids is 1. The number of carbonyl (C=O) groups is 1. The summed E-state index contributed by atoms with van der Waals surface area (Å²) in [6, 6.07) is 25.4. The molecule has 0 saturated heterocycles. The molecule has 0 aliphatic carbocycles. The fraction of sp³-hybridized carbons (Fsp3) is 0.208. The van der Waals surface area contributed by atoms with Crippen molar-refractivity contribution in [1.82, 2.24) is 0 Å². The summed E-state index contributed by atoms with van der Waals surface area (Å²) in [5.41, 5.74) is 3.01. The van der Waals surface area contributed by atoms with E-state index < -0.39 is 0 Å². The number of ether oxygens (including phenoxy) is 2. The van der Waals surface area contributed by atoms with Gasteiger partial charge in [-0.2, -0.15) is 0 Å². The molecule has 0 aromatic heterocycles. The van der Waals surface area contributed by atoms with Crippen molar-refractivity contribution in [3.8, 4) is 11.5 Å². The lowest BCUT2D eigenvalue weighted by atomic mass is 10.2. The molecule has 1 atom stereocenters. The third kappa shape index (κ3) is 6.66. The van der Waals surface area contributed by atoms with Gasteiger partial charge >= 0.3 is 0 Å². The summed E-state index contributed by atoms with van der Waals surface area (Å²) < 4.78 is 11.0. The van der Waals surface area contributed by atoms with E-state index in [4.69, 9.17) is 9.47 Å². The maximum absolute atomic E-state index is 12.3. The Labute approximate surface area is 171 Å². The van der Waals surface area contributed by atoms with Gasteiger partial charge in [0.1, 0.15) is 24.7 Å². The Morgan fingerprint density at radius 3 is 2.34 bits per heavy atom. The van der Waals surface area contributed by atoms with E-state index in [0.717, 1.165) is 39.8 Å². The molecule has 0 radical (unpaired) electrons. The van der Waals surface area contributed by atoms with Crippen molar-refractivity contribution in [2.45, 2.75) is 13.2 Å². The van der Waals surface area contributed by atoms with Crippen LogP contribution in [0.25, 0.3) is 0 Å². The van der Waals surface area contributed by atoms with E-state index in [1.165, 1.54) is 0 Å². The SMILES string of the molecule is COc1cccc(C[NH+](C)CC(=O)Nc2ccc(OCc3ccccc3)cc2)c1. The molecule has 0 aliphatic rings. The van der Waals surface area contributed by atoms with Gasteiger partial charge in [0.25, 0.3) is 5.91 Å². The predicted molar refractivity (Wildman–Crippen MR) is 114 cm³/mol. The standard InChI is InChI=1S/C24H26N2O3/c1-26(16-20-9-6-10-23(15-20)28-2)17-24(27)25-21-11-13-22(14-12-21)29-18-19-7-4-3-5-8-19/h3-15H,16-18H2,1-2H3,(H,25,27)/p+1. The topological polar surface area (TPSA) is 52.0 Å². The lowest BCUT2D eigenvalue weighted by molar-refractivity contribution is -0.885. The zero-order valence-corrected chi connectivity index (χ0v) is 16.9. The van der Waals surface area contributed by atoms with Crippen LogP contribution in [0.15, 0.2) is 78.9 Å². The summed E-state index contributed by atoms with van der Waals surface area (Å²) in [6.45, 7) is 1.64. The van der Waals surface area contributed by atoms with Crippen molar-refractivity contribution in [2.24, 2.45) is 0 Å². The van der Waals surface area contributed by atoms with Crippen LogP contribution in [0.2, 0.25) is 0 Å². The smallest absolute Gasteiger partial charge is 0.279 e. The van der Waals surface area contributed by atoms with Gasteiger partial charge in [-0.1, -0.05) is 42.5 Å². The van der Waals surface area contributed by atoms with Crippen LogP contribution < -0.4 is 19.7 Å². The number of hydrogen-bond donors (Lipinski definition) is 2. The molecule has 0 bridgehead atoms. The average molecular weight is 391 g/mol. The first-order valence-electron chi connectivity index (χ1n) is 9.63. The fourth-order valence-electron chi connectivity index (χ4n) is 3.05. The van der Waals surface area contributed by atoms with Gasteiger partial charge in [-0.3, -0.25) is 4.79 Å². The molecule has 150 valence electrons. The number of hydrogen-bond acceptors (Lipinski definition) is 3. The van der Waals surface area contributed by atoms with E-state index in [9.17, 15) is 4.79 Å². The van der Waals surface area contributed by atoms with Gasteiger partial charge in [0, 0.05) is 11.3 Å². The number of benzene rings is 3. The third-order valence-electron chi connectivity index (χ3n) is 4.49. The van der Waals surface area contributed by atoms with E-state index in [1.54, 1.807) is 7.11 Å². The van der Waals surface area contributed by atoms with Gasteiger partial charge in [0.2, 0.25) is 0 Å². The zero-order valence-electron chi connectivity index (χ0n) is 16.9. The summed E-state index contributed by atoms with van der Waals surface area (Å²) in [4.78, 5) is 13.4. The minimum atomic E-state index is -0.0247. The molecule has 5 nitrogen and oxygen atoms in total. The fourth-order valence-corrected chi connectivity index (χ4v) is 3.05. The van der Waals surface area contributed by atoms with Crippen LogP contribution in [0.1, 0.15) is 11.1 Å². The molecule has 0 heterocycles. The highest BCUT2D eigenvalue weighted by Gasteiger charge is 2.11. The summed E-state index contributed by atoms with van der Waals surface area (Å²) in [7, 11) is 3.65. The van der Waals surface area contributed by atoms with E-state index >= 15 is 0 Å². The van der Waals surface area contributed by atoms with Crippen LogP contribution >= 0.6 is 0 Å². The highest BCUT2D eigenvalue weighted by molar-refractivity contribution is 5.91. The van der Waals surface area contributed by atoms with Gasteiger partial charge in [-0.15, -0.1) is 0 Å². The molecule has 1 amide bonds. The Bertz CT molecular complexity index is 911. The van der Waals surface area contributed by atoms with Gasteiger partial charge in [0.15, 0.2) is 6.54 Å². The zero-order chi connectivity index (χ0) is 20.5. The summed E-state index contributed by atoms with van der Waals surface area (Å²) >= 11 is 0. The molecule has 0 spiro atoms. The second-order valence-corrected chi connectivity index (χ2v) is 7.01. The molecule has 29 heavy (non-hydrogen) atoms. The van der Waals surface area contributed by atoms with Gasteiger partial charge in [-0.05, 0) is 42.0 Å². The maximum atomic E-state index is 12.3. The van der Waals surface area contributed by atoms with Crippen LogP contribution in [0, 0.1) is 0 Å². The number of rotatable bonds is 9. The highest BCUT2D eigenvalue weighted by Crippen LogP contribution is 2.17. The normalized spacial score (nSPS) is 11.5. The molecular formula is C24H27N2O3+. The Morgan fingerprint density at radius 1 is 0.897 bits per heavy atom.